The highest BCUT2D eigenvalue weighted by Gasteiger charge is 2.26. The van der Waals surface area contributed by atoms with E-state index in [1.54, 1.807) is 6.20 Å². The average Bonchev–Trinajstić information content (AvgIpc) is 2.88. The highest BCUT2D eigenvalue weighted by molar-refractivity contribution is 5.89. The van der Waals surface area contributed by atoms with Crippen LogP contribution in [0.1, 0.15) is 30.9 Å². The minimum Gasteiger partial charge on any atom is -0.379 e. The maximum Gasteiger partial charge on any atom is 0.284 e. The SMILES string of the molecule is CC(C)(CCN1CCOCC1)n1c[c]nc1C(N)=O. The fourth-order valence-corrected chi connectivity index (χ4v) is 2.27. The Hall–Kier alpha value is -1.40. The van der Waals surface area contributed by atoms with Gasteiger partial charge in [-0.25, -0.2) is 4.98 Å². The zero-order valence-electron chi connectivity index (χ0n) is 11.6. The van der Waals surface area contributed by atoms with Gasteiger partial charge in [0.05, 0.1) is 13.2 Å². The van der Waals surface area contributed by atoms with Crippen molar-refractivity contribution in [2.75, 3.05) is 32.8 Å². The van der Waals surface area contributed by atoms with Crippen molar-refractivity contribution in [2.45, 2.75) is 25.8 Å². The van der Waals surface area contributed by atoms with E-state index in [0.29, 0.717) is 0 Å². The van der Waals surface area contributed by atoms with Crippen LogP contribution in [0.25, 0.3) is 0 Å². The third-order valence-corrected chi connectivity index (χ3v) is 3.60. The fourth-order valence-electron chi connectivity index (χ4n) is 2.27. The van der Waals surface area contributed by atoms with Gasteiger partial charge >= 0.3 is 0 Å². The van der Waals surface area contributed by atoms with Crippen LogP contribution in [-0.4, -0.2) is 53.2 Å². The van der Waals surface area contributed by atoms with Crippen molar-refractivity contribution in [3.05, 3.63) is 18.2 Å². The number of carbonyl (C=O) groups is 1. The highest BCUT2D eigenvalue weighted by Crippen LogP contribution is 2.22. The van der Waals surface area contributed by atoms with E-state index in [0.717, 1.165) is 39.3 Å². The number of nitrogens with two attached hydrogens (primary N) is 1. The van der Waals surface area contributed by atoms with E-state index in [1.807, 2.05) is 4.57 Å². The number of imidazole rings is 1. The molecule has 1 aromatic heterocycles. The molecule has 1 aromatic rings. The molecule has 0 saturated carbocycles. The summed E-state index contributed by atoms with van der Waals surface area (Å²) < 4.78 is 7.15. The first kappa shape index (κ1) is 14.0. The molecular formula is C13H21N4O2. The van der Waals surface area contributed by atoms with Crippen LogP contribution in [0.2, 0.25) is 0 Å². The Bertz CT molecular complexity index is 436. The summed E-state index contributed by atoms with van der Waals surface area (Å²) in [5.41, 5.74) is 5.11. The van der Waals surface area contributed by atoms with Crippen LogP contribution in [0.4, 0.5) is 0 Å². The van der Waals surface area contributed by atoms with E-state index in [2.05, 4.69) is 29.9 Å². The van der Waals surface area contributed by atoms with Crippen molar-refractivity contribution >= 4 is 5.91 Å². The molecule has 19 heavy (non-hydrogen) atoms. The summed E-state index contributed by atoms with van der Waals surface area (Å²) in [5.74, 6) is -0.243. The van der Waals surface area contributed by atoms with Crippen LogP contribution < -0.4 is 5.73 Å². The minimum atomic E-state index is -0.513. The highest BCUT2D eigenvalue weighted by atomic mass is 16.5. The molecule has 2 N–H and O–H groups in total. The van der Waals surface area contributed by atoms with Gasteiger partial charge in [-0.05, 0) is 20.3 Å². The molecule has 0 aromatic carbocycles. The quantitative estimate of drug-likeness (QED) is 0.827. The lowest BCUT2D eigenvalue weighted by Crippen LogP contribution is -2.40. The number of hydrogen-bond donors (Lipinski definition) is 1. The van der Waals surface area contributed by atoms with Gasteiger partial charge in [-0.2, -0.15) is 0 Å². The van der Waals surface area contributed by atoms with Gasteiger partial charge in [0.2, 0.25) is 0 Å². The van der Waals surface area contributed by atoms with E-state index in [1.165, 1.54) is 0 Å². The standard InChI is InChI=1S/C13H21N4O2/c1-13(2,3-5-16-7-9-19-10-8-16)17-6-4-15-12(17)11(14)18/h6H,3,5,7-10H2,1-2H3,(H2,14,18). The molecule has 105 valence electrons. The smallest absolute Gasteiger partial charge is 0.284 e. The first-order chi connectivity index (χ1) is 9.00. The van der Waals surface area contributed by atoms with Gasteiger partial charge < -0.3 is 15.0 Å². The number of primary amides is 1. The van der Waals surface area contributed by atoms with Crippen LogP contribution in [-0.2, 0) is 10.3 Å². The van der Waals surface area contributed by atoms with Crippen LogP contribution in [0.15, 0.2) is 6.20 Å². The number of nitrogens with zero attached hydrogens (tertiary/aromatic N) is 3. The lowest BCUT2D eigenvalue weighted by molar-refractivity contribution is 0.0330. The number of carbonyl (C=O) groups excluding carboxylic acids is 1. The second kappa shape index (κ2) is 5.71. The maximum atomic E-state index is 11.3. The van der Waals surface area contributed by atoms with Crippen molar-refractivity contribution in [1.82, 2.24) is 14.5 Å². The molecule has 0 spiro atoms. The molecule has 1 aliphatic heterocycles. The summed E-state index contributed by atoms with van der Waals surface area (Å²) in [5, 5.41) is 0. The molecule has 2 heterocycles. The Morgan fingerprint density at radius 2 is 2.21 bits per heavy atom. The van der Waals surface area contributed by atoms with Crippen LogP contribution in [0.3, 0.4) is 0 Å². The molecule has 1 fully saturated rings. The summed E-state index contributed by atoms with van der Waals surface area (Å²) >= 11 is 0. The average molecular weight is 265 g/mol. The molecule has 1 saturated heterocycles. The second-order valence-corrected chi connectivity index (χ2v) is 5.44. The predicted octanol–water partition coefficient (Wildman–Crippen LogP) is 0.240. The third kappa shape index (κ3) is 3.33. The molecule has 6 heteroatoms. The topological polar surface area (TPSA) is 73.4 Å². The normalized spacial score (nSPS) is 17.6. The van der Waals surface area contributed by atoms with Crippen molar-refractivity contribution < 1.29 is 9.53 Å². The van der Waals surface area contributed by atoms with Gasteiger partial charge in [0.25, 0.3) is 5.91 Å². The molecule has 1 aliphatic rings. The molecule has 0 unspecified atom stereocenters. The van der Waals surface area contributed by atoms with E-state index in [4.69, 9.17) is 10.5 Å². The molecule has 2 rings (SSSR count). The lowest BCUT2D eigenvalue weighted by Gasteiger charge is -2.33. The van der Waals surface area contributed by atoms with Crippen molar-refractivity contribution in [3.63, 3.8) is 0 Å². The fraction of sp³-hybridized carbons (Fsp3) is 0.692. The van der Waals surface area contributed by atoms with Crippen molar-refractivity contribution in [3.8, 4) is 0 Å². The predicted molar refractivity (Wildman–Crippen MR) is 70.8 cm³/mol. The summed E-state index contributed by atoms with van der Waals surface area (Å²) in [6.07, 6.45) is 5.31. The van der Waals surface area contributed by atoms with E-state index in [-0.39, 0.29) is 11.4 Å². The number of amides is 1. The number of aromatic nitrogens is 2. The number of hydrogen-bond acceptors (Lipinski definition) is 4. The van der Waals surface area contributed by atoms with E-state index < -0.39 is 5.91 Å². The third-order valence-electron chi connectivity index (χ3n) is 3.60. The molecule has 1 radical (unpaired) electrons. The van der Waals surface area contributed by atoms with Crippen LogP contribution >= 0.6 is 0 Å². The van der Waals surface area contributed by atoms with E-state index in [9.17, 15) is 4.79 Å². The zero-order chi connectivity index (χ0) is 13.9. The Morgan fingerprint density at radius 1 is 1.53 bits per heavy atom. The van der Waals surface area contributed by atoms with E-state index >= 15 is 0 Å². The Morgan fingerprint density at radius 3 is 2.84 bits per heavy atom. The van der Waals surface area contributed by atoms with Crippen LogP contribution in [0.5, 0.6) is 0 Å². The summed E-state index contributed by atoms with van der Waals surface area (Å²) in [6.45, 7) is 8.65. The minimum absolute atomic E-state index is 0.213. The van der Waals surface area contributed by atoms with Gasteiger partial charge in [0.15, 0.2) is 5.82 Å². The van der Waals surface area contributed by atoms with Crippen molar-refractivity contribution in [1.29, 1.82) is 0 Å². The monoisotopic (exact) mass is 265 g/mol. The molecular weight excluding hydrogens is 244 g/mol. The maximum absolute atomic E-state index is 11.3. The zero-order valence-corrected chi connectivity index (χ0v) is 11.6. The first-order valence-electron chi connectivity index (χ1n) is 6.56. The van der Waals surface area contributed by atoms with Gasteiger partial charge in [0, 0.05) is 31.4 Å². The first-order valence-corrected chi connectivity index (χ1v) is 6.56. The Kier molecular flexibility index (Phi) is 4.21. The van der Waals surface area contributed by atoms with Gasteiger partial charge in [-0.3, -0.25) is 9.69 Å². The van der Waals surface area contributed by atoms with Gasteiger partial charge in [-0.15, -0.1) is 0 Å². The lowest BCUT2D eigenvalue weighted by atomic mass is 9.99. The summed E-state index contributed by atoms with van der Waals surface area (Å²) in [4.78, 5) is 17.6. The largest absolute Gasteiger partial charge is 0.379 e. The second-order valence-electron chi connectivity index (χ2n) is 5.44. The number of morpholine rings is 1. The molecule has 0 bridgehead atoms. The van der Waals surface area contributed by atoms with Crippen molar-refractivity contribution in [2.24, 2.45) is 5.73 Å². The molecule has 0 aliphatic carbocycles. The number of ether oxygens (including phenoxy) is 1. The Balaban J connectivity index is 2.00. The number of rotatable bonds is 5. The van der Waals surface area contributed by atoms with Gasteiger partial charge in [0.1, 0.15) is 6.20 Å². The summed E-state index contributed by atoms with van der Waals surface area (Å²) in [7, 11) is 0. The summed E-state index contributed by atoms with van der Waals surface area (Å²) in [6, 6.07) is 0. The Labute approximate surface area is 113 Å². The van der Waals surface area contributed by atoms with Gasteiger partial charge in [-0.1, -0.05) is 0 Å². The molecule has 6 nitrogen and oxygen atoms in total. The van der Waals surface area contributed by atoms with Crippen LogP contribution in [0, 0.1) is 6.20 Å². The molecule has 1 amide bonds. The molecule has 0 atom stereocenters.